The molecule has 1 radical (unpaired) electrons. The molecule has 1 heterocycles. The van der Waals surface area contributed by atoms with Gasteiger partial charge in [0.2, 0.25) is 0 Å². The first-order valence-electron chi connectivity index (χ1n) is 7.50. The molecule has 1 aromatic heterocycles. The summed E-state index contributed by atoms with van der Waals surface area (Å²) in [4.78, 5) is 12.6. The Balaban J connectivity index is 2.33. The molecule has 3 nitrogen and oxygen atoms in total. The average molecular weight is 310 g/mol. The zero-order valence-electron chi connectivity index (χ0n) is 13.0. The van der Waals surface area contributed by atoms with E-state index in [0.717, 1.165) is 5.56 Å². The van der Waals surface area contributed by atoms with Crippen LogP contribution in [-0.2, 0) is 6.54 Å². The van der Waals surface area contributed by atoms with E-state index >= 15 is 0 Å². The van der Waals surface area contributed by atoms with Crippen LogP contribution in [0.25, 0.3) is 21.9 Å². The Bertz CT molecular complexity index is 911. The lowest BCUT2D eigenvalue weighted by molar-refractivity contribution is 0.476. The second-order valence-corrected chi connectivity index (χ2v) is 6.03. The van der Waals surface area contributed by atoms with Crippen molar-refractivity contribution in [3.05, 3.63) is 64.8 Å². The third-order valence-electron chi connectivity index (χ3n) is 3.68. The van der Waals surface area contributed by atoms with E-state index in [1.54, 1.807) is 28.8 Å². The van der Waals surface area contributed by atoms with E-state index in [9.17, 15) is 14.3 Å². The van der Waals surface area contributed by atoms with Gasteiger partial charge in [-0.25, -0.2) is 4.39 Å². The van der Waals surface area contributed by atoms with E-state index in [2.05, 4.69) is 6.20 Å². The van der Waals surface area contributed by atoms with Gasteiger partial charge in [0.1, 0.15) is 11.6 Å². The summed E-state index contributed by atoms with van der Waals surface area (Å²) in [6.45, 7) is 4.60. The Morgan fingerprint density at radius 1 is 1.13 bits per heavy atom. The lowest BCUT2D eigenvalue weighted by Crippen LogP contribution is -2.23. The molecule has 1 N–H and O–H groups in total. The number of halogens is 1. The molecule has 0 atom stereocenters. The van der Waals surface area contributed by atoms with Crippen molar-refractivity contribution in [2.45, 2.75) is 20.4 Å². The molecule has 3 aromatic rings. The van der Waals surface area contributed by atoms with E-state index < -0.39 is 0 Å². The van der Waals surface area contributed by atoms with Crippen LogP contribution in [0.2, 0.25) is 0 Å². The van der Waals surface area contributed by atoms with Gasteiger partial charge in [0.05, 0.1) is 6.20 Å². The van der Waals surface area contributed by atoms with Gasteiger partial charge in [0, 0.05) is 22.9 Å². The molecule has 0 aliphatic heterocycles. The van der Waals surface area contributed by atoms with Crippen molar-refractivity contribution in [3.8, 4) is 16.9 Å². The number of hydrogen-bond acceptors (Lipinski definition) is 2. The van der Waals surface area contributed by atoms with Crippen molar-refractivity contribution in [2.24, 2.45) is 5.92 Å². The highest BCUT2D eigenvalue weighted by atomic mass is 19.1. The fourth-order valence-corrected chi connectivity index (χ4v) is 2.65. The van der Waals surface area contributed by atoms with Crippen molar-refractivity contribution in [1.29, 1.82) is 0 Å². The molecule has 117 valence electrons. The summed E-state index contributed by atoms with van der Waals surface area (Å²) in [5.74, 6) is 0.0475. The van der Waals surface area contributed by atoms with Gasteiger partial charge in [-0.15, -0.1) is 0 Å². The maximum absolute atomic E-state index is 13.2. The fraction of sp³-hybridized carbons (Fsp3) is 0.211. The minimum atomic E-state index is -0.323. The van der Waals surface area contributed by atoms with E-state index in [1.165, 1.54) is 18.2 Å². The molecule has 2 aromatic carbocycles. The first-order valence-corrected chi connectivity index (χ1v) is 7.50. The number of pyridine rings is 1. The molecule has 0 saturated carbocycles. The van der Waals surface area contributed by atoms with Gasteiger partial charge < -0.3 is 9.67 Å². The minimum Gasteiger partial charge on any atom is -0.508 e. The zero-order chi connectivity index (χ0) is 16.6. The Labute approximate surface area is 133 Å². The number of aromatic nitrogens is 1. The smallest absolute Gasteiger partial charge is 0.258 e. The normalized spacial score (nSPS) is 11.3. The SMILES string of the molecule is CC(C)Cn1[c]c(-c2ccc(F)cc2)c2cc(O)ccc2c1=O. The maximum Gasteiger partial charge on any atom is 0.258 e. The van der Waals surface area contributed by atoms with Crippen LogP contribution in [-0.4, -0.2) is 9.67 Å². The molecule has 0 fully saturated rings. The quantitative estimate of drug-likeness (QED) is 0.795. The van der Waals surface area contributed by atoms with Crippen LogP contribution >= 0.6 is 0 Å². The summed E-state index contributed by atoms with van der Waals surface area (Å²) in [6.07, 6.45) is 3.12. The number of nitrogens with zero attached hydrogens (tertiary/aromatic N) is 1. The highest BCUT2D eigenvalue weighted by molar-refractivity contribution is 5.96. The molecule has 23 heavy (non-hydrogen) atoms. The van der Waals surface area contributed by atoms with E-state index in [-0.39, 0.29) is 17.1 Å². The van der Waals surface area contributed by atoms with Gasteiger partial charge in [0.15, 0.2) is 0 Å². The van der Waals surface area contributed by atoms with E-state index in [4.69, 9.17) is 0 Å². The van der Waals surface area contributed by atoms with Gasteiger partial charge in [0.25, 0.3) is 5.56 Å². The molecular formula is C19H17FNO2. The van der Waals surface area contributed by atoms with Crippen LogP contribution in [0, 0.1) is 17.9 Å². The van der Waals surface area contributed by atoms with Crippen molar-refractivity contribution in [2.75, 3.05) is 0 Å². The van der Waals surface area contributed by atoms with Crippen LogP contribution < -0.4 is 5.56 Å². The van der Waals surface area contributed by atoms with Gasteiger partial charge in [-0.05, 0) is 41.8 Å². The molecule has 0 bridgehead atoms. The largest absolute Gasteiger partial charge is 0.508 e. The maximum atomic E-state index is 13.2. The number of fused-ring (bicyclic) bond motifs is 1. The molecule has 0 unspecified atom stereocenters. The number of aromatic hydroxyl groups is 1. The van der Waals surface area contributed by atoms with Crippen molar-refractivity contribution in [1.82, 2.24) is 4.57 Å². The van der Waals surface area contributed by atoms with Crippen LogP contribution in [0.5, 0.6) is 5.75 Å². The van der Waals surface area contributed by atoms with E-state index in [1.807, 2.05) is 13.8 Å². The second-order valence-electron chi connectivity index (χ2n) is 6.03. The lowest BCUT2D eigenvalue weighted by atomic mass is 10.00. The van der Waals surface area contributed by atoms with Gasteiger partial charge >= 0.3 is 0 Å². The van der Waals surface area contributed by atoms with Crippen LogP contribution in [0.15, 0.2) is 47.3 Å². The van der Waals surface area contributed by atoms with Crippen molar-refractivity contribution >= 4 is 10.8 Å². The number of rotatable bonds is 3. The summed E-state index contributed by atoms with van der Waals surface area (Å²) in [6, 6.07) is 10.7. The van der Waals surface area contributed by atoms with Crippen molar-refractivity contribution in [3.63, 3.8) is 0 Å². The minimum absolute atomic E-state index is 0.0790. The zero-order valence-corrected chi connectivity index (χ0v) is 13.0. The summed E-state index contributed by atoms with van der Waals surface area (Å²) >= 11 is 0. The molecule has 0 amide bonds. The number of hydrogen-bond donors (Lipinski definition) is 1. The summed E-state index contributed by atoms with van der Waals surface area (Å²) in [5.41, 5.74) is 1.29. The summed E-state index contributed by atoms with van der Waals surface area (Å²) in [5, 5.41) is 10.9. The van der Waals surface area contributed by atoms with Gasteiger partial charge in [-0.2, -0.15) is 0 Å². The third-order valence-corrected chi connectivity index (χ3v) is 3.68. The Hall–Kier alpha value is -2.62. The van der Waals surface area contributed by atoms with E-state index in [0.29, 0.717) is 28.8 Å². The first-order chi connectivity index (χ1) is 11.0. The molecule has 0 saturated heterocycles. The monoisotopic (exact) mass is 310 g/mol. The van der Waals surface area contributed by atoms with Crippen LogP contribution in [0.4, 0.5) is 4.39 Å². The standard InChI is InChI=1S/C19H17FNO2/c1-12(2)10-21-11-18(13-3-5-14(20)6-4-13)17-9-15(22)7-8-16(17)19(21)23/h3-9,12,22H,10H2,1-2H3. The highest BCUT2D eigenvalue weighted by Gasteiger charge is 2.13. The predicted molar refractivity (Wildman–Crippen MR) is 88.9 cm³/mol. The number of phenolic OH excluding ortho intramolecular Hbond substituents is 1. The summed E-state index contributed by atoms with van der Waals surface area (Å²) in [7, 11) is 0. The predicted octanol–water partition coefficient (Wildman–Crippen LogP) is 3.97. The number of benzene rings is 2. The molecular weight excluding hydrogens is 293 g/mol. The highest BCUT2D eigenvalue weighted by Crippen LogP contribution is 2.29. The Morgan fingerprint density at radius 3 is 2.48 bits per heavy atom. The van der Waals surface area contributed by atoms with Gasteiger partial charge in [-0.3, -0.25) is 4.79 Å². The third kappa shape index (κ3) is 2.97. The molecule has 0 aliphatic carbocycles. The summed E-state index contributed by atoms with van der Waals surface area (Å²) < 4.78 is 14.7. The molecule has 4 heteroatoms. The van der Waals surface area contributed by atoms with Crippen molar-refractivity contribution < 1.29 is 9.50 Å². The molecule has 3 rings (SSSR count). The molecule has 0 spiro atoms. The first kappa shape index (κ1) is 15.3. The van der Waals surface area contributed by atoms with Crippen LogP contribution in [0.1, 0.15) is 13.8 Å². The fourth-order valence-electron chi connectivity index (χ4n) is 2.65. The van der Waals surface area contributed by atoms with Crippen LogP contribution in [0.3, 0.4) is 0 Å². The van der Waals surface area contributed by atoms with Gasteiger partial charge in [-0.1, -0.05) is 26.0 Å². The average Bonchev–Trinajstić information content (AvgIpc) is 2.50. The number of phenols is 1. The lowest BCUT2D eigenvalue weighted by Gasteiger charge is -2.13. The Kier molecular flexibility index (Phi) is 3.90. The Morgan fingerprint density at radius 2 is 1.83 bits per heavy atom. The second kappa shape index (κ2) is 5.88. The topological polar surface area (TPSA) is 42.2 Å². The molecule has 0 aliphatic rings.